The van der Waals surface area contributed by atoms with Crippen molar-refractivity contribution in [2.75, 3.05) is 13.2 Å². The molecule has 0 aliphatic rings. The predicted octanol–water partition coefficient (Wildman–Crippen LogP) is -11.8. The quantitative estimate of drug-likeness (QED) is 0.174. The van der Waals surface area contributed by atoms with E-state index in [-0.39, 0.29) is 161 Å². The van der Waals surface area contributed by atoms with Crippen molar-refractivity contribution in [1.82, 2.24) is 10.4 Å². The number of hydrogen-bond donors (Lipinski definition) is 2. The third-order valence-corrected chi connectivity index (χ3v) is 4.07. The molecule has 0 saturated heterocycles. The number of aliphatic carboxylic acids is 2. The van der Waals surface area contributed by atoms with Gasteiger partial charge in [0.1, 0.15) is 0 Å². The monoisotopic (exact) mass is 488 g/mol. The van der Waals surface area contributed by atoms with Crippen LogP contribution in [0.15, 0.2) is 30.3 Å². The molecular weight excluding hydrogens is 472 g/mol. The van der Waals surface area contributed by atoms with Crippen LogP contribution in [0, 0.1) is 0 Å². The number of carboxylic acid groups (broad SMARTS) is 2. The largest absolute Gasteiger partial charge is 1.00 e. The standard InChI is InChI=1S/C14H19N2O8P.3K/c17-12(18)7-6-11(14(20)21)16-25(22,23)24-9-8-15-13(19)10-4-2-1-3-5-10;;;/h1-5,11H,6-9H2,(H,15,19)(H,17,18)(H,20,21)(H2,16,22,23);;;/q;3*+1/p-3/t11-;;;/m0.../s1. The molecule has 0 aliphatic carbocycles. The van der Waals surface area contributed by atoms with Crippen LogP contribution >= 0.6 is 7.75 Å². The maximum absolute atomic E-state index is 11.7. The van der Waals surface area contributed by atoms with Crippen LogP contribution in [0.1, 0.15) is 23.2 Å². The van der Waals surface area contributed by atoms with Gasteiger partial charge in [0.2, 0.25) is 7.75 Å². The molecule has 138 valence electrons. The van der Waals surface area contributed by atoms with Crippen LogP contribution in [0.5, 0.6) is 0 Å². The Kier molecular flexibility index (Phi) is 24.1. The fourth-order valence-corrected chi connectivity index (χ4v) is 2.77. The number of carbonyl (C=O) groups excluding carboxylic acids is 3. The summed E-state index contributed by atoms with van der Waals surface area (Å²) in [6, 6.07) is 6.42. The zero-order chi connectivity index (χ0) is 18.9. The van der Waals surface area contributed by atoms with Gasteiger partial charge in [-0.3, -0.25) is 9.36 Å². The summed E-state index contributed by atoms with van der Waals surface area (Å²) in [7, 11) is -4.78. The van der Waals surface area contributed by atoms with Gasteiger partial charge in [0.15, 0.2) is 0 Å². The van der Waals surface area contributed by atoms with Gasteiger partial charge in [0.25, 0.3) is 5.91 Å². The van der Waals surface area contributed by atoms with Crippen LogP contribution in [0.25, 0.3) is 0 Å². The minimum absolute atomic E-state index is 0. The molecule has 1 aromatic rings. The number of rotatable bonds is 11. The SMILES string of the molecule is O=C([O-])CC[C@H](NP(=O)([O-])OCCNC(=O)c1ccccc1)C(=O)[O-].[K+].[K+].[K+]. The van der Waals surface area contributed by atoms with Crippen molar-refractivity contribution in [1.29, 1.82) is 0 Å². The normalized spacial score (nSPS) is 12.8. The van der Waals surface area contributed by atoms with Crippen molar-refractivity contribution in [3.63, 3.8) is 0 Å². The summed E-state index contributed by atoms with van der Waals surface area (Å²) >= 11 is 0. The molecular formula is C14H16K3N2O8P. The summed E-state index contributed by atoms with van der Waals surface area (Å²) in [5.74, 6) is -3.75. The van der Waals surface area contributed by atoms with Gasteiger partial charge in [-0.2, -0.15) is 0 Å². The van der Waals surface area contributed by atoms with Crippen molar-refractivity contribution in [2.45, 2.75) is 18.9 Å². The molecule has 0 saturated carbocycles. The summed E-state index contributed by atoms with van der Waals surface area (Å²) in [6.07, 6.45) is -1.22. The van der Waals surface area contributed by atoms with Crippen LogP contribution in [0.2, 0.25) is 0 Å². The number of hydrogen-bond acceptors (Lipinski definition) is 8. The summed E-state index contributed by atoms with van der Waals surface area (Å²) in [4.78, 5) is 44.5. The van der Waals surface area contributed by atoms with Crippen molar-refractivity contribution < 1.29 is 193 Å². The molecule has 1 unspecified atom stereocenters. The van der Waals surface area contributed by atoms with Crippen LogP contribution in [0.4, 0.5) is 0 Å². The van der Waals surface area contributed by atoms with Crippen molar-refractivity contribution in [3.8, 4) is 0 Å². The first-order valence-electron chi connectivity index (χ1n) is 7.18. The van der Waals surface area contributed by atoms with E-state index in [4.69, 9.17) is 0 Å². The molecule has 10 nitrogen and oxygen atoms in total. The smallest absolute Gasteiger partial charge is 0.766 e. The Balaban J connectivity index is -0.00000208. The Morgan fingerprint density at radius 1 is 1.07 bits per heavy atom. The molecule has 14 heteroatoms. The van der Waals surface area contributed by atoms with E-state index in [9.17, 15) is 34.1 Å². The Morgan fingerprint density at radius 3 is 2.14 bits per heavy atom. The molecule has 1 rings (SSSR count). The van der Waals surface area contributed by atoms with E-state index >= 15 is 0 Å². The molecule has 0 heterocycles. The number of nitrogens with one attached hydrogen (secondary N) is 2. The average Bonchev–Trinajstić information content (AvgIpc) is 2.55. The van der Waals surface area contributed by atoms with Crippen LogP contribution in [-0.2, 0) is 18.7 Å². The molecule has 2 N–H and O–H groups in total. The number of benzene rings is 1. The predicted molar refractivity (Wildman–Crippen MR) is 78.5 cm³/mol. The van der Waals surface area contributed by atoms with Gasteiger partial charge in [0, 0.05) is 18.1 Å². The molecule has 1 aromatic carbocycles. The minimum atomic E-state index is -4.78. The maximum atomic E-state index is 11.7. The van der Waals surface area contributed by atoms with Crippen molar-refractivity contribution in [2.24, 2.45) is 0 Å². The van der Waals surface area contributed by atoms with E-state index in [0.29, 0.717) is 5.56 Å². The molecule has 28 heavy (non-hydrogen) atoms. The first-order chi connectivity index (χ1) is 11.7. The van der Waals surface area contributed by atoms with Gasteiger partial charge in [-0.1, -0.05) is 18.2 Å². The molecule has 0 aliphatic heterocycles. The third-order valence-electron chi connectivity index (χ3n) is 2.92. The van der Waals surface area contributed by atoms with E-state index in [1.807, 2.05) is 0 Å². The fourth-order valence-electron chi connectivity index (χ4n) is 1.75. The maximum Gasteiger partial charge on any atom is 1.00 e. The molecule has 0 bridgehead atoms. The minimum Gasteiger partial charge on any atom is -0.766 e. The van der Waals surface area contributed by atoms with E-state index in [2.05, 4.69) is 9.84 Å². The molecule has 2 atom stereocenters. The van der Waals surface area contributed by atoms with Gasteiger partial charge in [0.05, 0.1) is 18.6 Å². The number of carboxylic acids is 2. The van der Waals surface area contributed by atoms with Crippen molar-refractivity contribution in [3.05, 3.63) is 35.9 Å². The van der Waals surface area contributed by atoms with Gasteiger partial charge >= 0.3 is 154 Å². The second-order valence-corrected chi connectivity index (χ2v) is 6.38. The Bertz CT molecular complexity index is 665. The summed E-state index contributed by atoms with van der Waals surface area (Å²) < 4.78 is 16.2. The summed E-state index contributed by atoms with van der Waals surface area (Å²) in [5, 5.41) is 25.2. The van der Waals surface area contributed by atoms with Gasteiger partial charge < -0.3 is 34.5 Å². The van der Waals surface area contributed by atoms with E-state index in [0.717, 1.165) is 0 Å². The van der Waals surface area contributed by atoms with Gasteiger partial charge in [-0.25, -0.2) is 5.09 Å². The Hall–Kier alpha value is 2.65. The second-order valence-electron chi connectivity index (χ2n) is 4.86. The number of amides is 1. The fraction of sp³-hybridized carbons (Fsp3) is 0.357. The zero-order valence-corrected chi connectivity index (χ0v) is 26.3. The molecule has 0 spiro atoms. The topological polar surface area (TPSA) is 171 Å². The van der Waals surface area contributed by atoms with E-state index in [1.54, 1.807) is 35.4 Å². The summed E-state index contributed by atoms with van der Waals surface area (Å²) in [6.45, 7) is -0.580. The Morgan fingerprint density at radius 2 is 1.64 bits per heavy atom. The van der Waals surface area contributed by atoms with Gasteiger partial charge in [-0.05, 0) is 25.0 Å². The molecule has 0 radical (unpaired) electrons. The first kappa shape index (κ1) is 35.2. The number of carbonyl (C=O) groups is 3. The van der Waals surface area contributed by atoms with Crippen LogP contribution in [0.3, 0.4) is 0 Å². The molecule has 1 amide bonds. The molecule has 0 aromatic heterocycles. The first-order valence-corrected chi connectivity index (χ1v) is 8.73. The third kappa shape index (κ3) is 16.3. The van der Waals surface area contributed by atoms with E-state index < -0.39 is 51.1 Å². The second kappa shape index (κ2) is 19.1. The summed E-state index contributed by atoms with van der Waals surface area (Å²) in [5.41, 5.74) is 0.380. The van der Waals surface area contributed by atoms with Crippen LogP contribution < -0.4 is 180 Å². The van der Waals surface area contributed by atoms with Crippen LogP contribution in [-0.4, -0.2) is 37.0 Å². The zero-order valence-electron chi connectivity index (χ0n) is 16.0. The van der Waals surface area contributed by atoms with Crippen molar-refractivity contribution >= 4 is 25.6 Å². The average molecular weight is 489 g/mol. The Labute approximate surface area is 290 Å². The van der Waals surface area contributed by atoms with Gasteiger partial charge in [-0.15, -0.1) is 0 Å². The molecule has 0 fully saturated rings. The van der Waals surface area contributed by atoms with E-state index in [1.165, 1.54) is 0 Å².